The van der Waals surface area contributed by atoms with Gasteiger partial charge in [0.2, 0.25) is 11.8 Å². The molecule has 2 heterocycles. The van der Waals surface area contributed by atoms with Crippen molar-refractivity contribution in [1.29, 1.82) is 0 Å². The Morgan fingerprint density at radius 3 is 2.56 bits per heavy atom. The molecular weight excluding hydrogens is 318 g/mol. The van der Waals surface area contributed by atoms with E-state index in [1.54, 1.807) is 0 Å². The lowest BCUT2D eigenvalue weighted by Gasteiger charge is -2.36. The van der Waals surface area contributed by atoms with Crippen molar-refractivity contribution < 1.29 is 9.32 Å². The Bertz CT molecular complexity index is 574. The van der Waals surface area contributed by atoms with E-state index in [0.29, 0.717) is 24.2 Å². The zero-order valence-electron chi connectivity index (χ0n) is 15.7. The van der Waals surface area contributed by atoms with Crippen LogP contribution in [-0.4, -0.2) is 48.1 Å². The van der Waals surface area contributed by atoms with Crippen LogP contribution in [0.3, 0.4) is 0 Å². The summed E-state index contributed by atoms with van der Waals surface area (Å²) in [4.78, 5) is 19.5. The number of nitrogens with zero attached hydrogens (tertiary/aromatic N) is 3. The molecule has 1 aromatic heterocycles. The Morgan fingerprint density at radius 1 is 1.32 bits per heavy atom. The van der Waals surface area contributed by atoms with E-state index in [4.69, 9.17) is 4.52 Å². The third-order valence-electron chi connectivity index (χ3n) is 5.60. The molecule has 1 saturated heterocycles. The van der Waals surface area contributed by atoms with E-state index in [1.807, 2.05) is 25.9 Å². The summed E-state index contributed by atoms with van der Waals surface area (Å²) in [5, 5.41) is 10.8. The number of nitrogens with one attached hydrogen (secondary N) is 2. The first-order chi connectivity index (χ1) is 12.0. The van der Waals surface area contributed by atoms with Gasteiger partial charge in [0, 0.05) is 5.92 Å². The summed E-state index contributed by atoms with van der Waals surface area (Å²) >= 11 is 0. The fraction of sp³-hybridized carbons (Fsp3) is 0.833. The molecule has 1 saturated carbocycles. The number of amides is 1. The van der Waals surface area contributed by atoms with E-state index in [-0.39, 0.29) is 11.8 Å². The SMILES string of the molecule is CC(C(=O)NC1(c2noc(CN(C)C)n2)CCCCCC1)C1CNC1. The third-order valence-corrected chi connectivity index (χ3v) is 5.60. The Hall–Kier alpha value is -1.47. The predicted octanol–water partition coefficient (Wildman–Crippen LogP) is 1.65. The van der Waals surface area contributed by atoms with Gasteiger partial charge in [0.1, 0.15) is 5.54 Å². The monoisotopic (exact) mass is 349 g/mol. The fourth-order valence-corrected chi connectivity index (χ4v) is 3.75. The normalized spacial score (nSPS) is 22.2. The van der Waals surface area contributed by atoms with Crippen LogP contribution in [-0.2, 0) is 16.9 Å². The van der Waals surface area contributed by atoms with Gasteiger partial charge in [-0.25, -0.2) is 0 Å². The van der Waals surface area contributed by atoms with Crippen LogP contribution in [0.25, 0.3) is 0 Å². The molecule has 25 heavy (non-hydrogen) atoms. The Balaban J connectivity index is 1.79. The molecule has 1 aliphatic heterocycles. The maximum Gasteiger partial charge on any atom is 0.240 e. The molecule has 2 N–H and O–H groups in total. The maximum atomic E-state index is 12.9. The van der Waals surface area contributed by atoms with Crippen LogP contribution in [0.1, 0.15) is 57.2 Å². The highest BCUT2D eigenvalue weighted by molar-refractivity contribution is 5.79. The van der Waals surface area contributed by atoms with Crippen molar-refractivity contribution in [2.75, 3.05) is 27.2 Å². The van der Waals surface area contributed by atoms with Crippen LogP contribution in [0.2, 0.25) is 0 Å². The zero-order chi connectivity index (χ0) is 17.9. The smallest absolute Gasteiger partial charge is 0.240 e. The van der Waals surface area contributed by atoms with Gasteiger partial charge >= 0.3 is 0 Å². The van der Waals surface area contributed by atoms with Gasteiger partial charge in [-0.1, -0.05) is 37.8 Å². The van der Waals surface area contributed by atoms with E-state index in [0.717, 1.165) is 38.8 Å². The molecule has 2 aliphatic rings. The van der Waals surface area contributed by atoms with E-state index in [1.165, 1.54) is 12.8 Å². The molecule has 1 aromatic rings. The Labute approximate surface area is 149 Å². The molecule has 1 unspecified atom stereocenters. The summed E-state index contributed by atoms with van der Waals surface area (Å²) in [7, 11) is 3.95. The van der Waals surface area contributed by atoms with Crippen LogP contribution in [0, 0.1) is 11.8 Å². The largest absolute Gasteiger partial charge is 0.343 e. The molecule has 0 spiro atoms. The van der Waals surface area contributed by atoms with Gasteiger partial charge in [-0.3, -0.25) is 4.79 Å². The lowest BCUT2D eigenvalue weighted by Crippen LogP contribution is -2.54. The summed E-state index contributed by atoms with van der Waals surface area (Å²) < 4.78 is 5.45. The van der Waals surface area contributed by atoms with Crippen LogP contribution in [0.15, 0.2) is 4.52 Å². The summed E-state index contributed by atoms with van der Waals surface area (Å²) in [5.41, 5.74) is -0.479. The summed E-state index contributed by atoms with van der Waals surface area (Å²) in [6, 6.07) is 0. The predicted molar refractivity (Wildman–Crippen MR) is 94.7 cm³/mol. The van der Waals surface area contributed by atoms with Crippen molar-refractivity contribution in [3.63, 3.8) is 0 Å². The third kappa shape index (κ3) is 4.20. The minimum atomic E-state index is -0.479. The van der Waals surface area contributed by atoms with Gasteiger partial charge in [-0.15, -0.1) is 0 Å². The first-order valence-corrected chi connectivity index (χ1v) is 9.51. The Kier molecular flexibility index (Phi) is 5.74. The standard InChI is InChI=1S/C18H31N5O2/c1-13(14-10-19-11-14)16(24)21-18(8-6-4-5-7-9-18)17-20-15(25-22-17)12-23(2)3/h13-14,19H,4-12H2,1-3H3,(H,21,24). The van der Waals surface area contributed by atoms with Gasteiger partial charge in [0.25, 0.3) is 0 Å². The van der Waals surface area contributed by atoms with Crippen LogP contribution in [0.5, 0.6) is 0 Å². The highest BCUT2D eigenvalue weighted by Gasteiger charge is 2.41. The average molecular weight is 349 g/mol. The van der Waals surface area contributed by atoms with Gasteiger partial charge in [0.15, 0.2) is 5.82 Å². The summed E-state index contributed by atoms with van der Waals surface area (Å²) in [6.07, 6.45) is 6.32. The lowest BCUT2D eigenvalue weighted by atomic mass is 9.85. The van der Waals surface area contributed by atoms with E-state index in [9.17, 15) is 4.79 Å². The van der Waals surface area contributed by atoms with Crippen molar-refractivity contribution >= 4 is 5.91 Å². The van der Waals surface area contributed by atoms with Crippen molar-refractivity contribution in [3.8, 4) is 0 Å². The van der Waals surface area contributed by atoms with Gasteiger partial charge in [-0.05, 0) is 45.9 Å². The molecule has 2 fully saturated rings. The number of carbonyl (C=O) groups is 1. The molecule has 3 rings (SSSR count). The van der Waals surface area contributed by atoms with Crippen LogP contribution < -0.4 is 10.6 Å². The van der Waals surface area contributed by atoms with Crippen LogP contribution in [0.4, 0.5) is 0 Å². The number of rotatable bonds is 6. The maximum absolute atomic E-state index is 12.9. The van der Waals surface area contributed by atoms with Crippen LogP contribution >= 0.6 is 0 Å². The molecule has 0 aromatic carbocycles. The Morgan fingerprint density at radius 2 is 2.00 bits per heavy atom. The molecule has 1 atom stereocenters. The average Bonchev–Trinajstić information content (AvgIpc) is 2.84. The fourth-order valence-electron chi connectivity index (χ4n) is 3.75. The van der Waals surface area contributed by atoms with E-state index >= 15 is 0 Å². The van der Waals surface area contributed by atoms with Crippen molar-refractivity contribution in [2.24, 2.45) is 11.8 Å². The molecule has 1 amide bonds. The summed E-state index contributed by atoms with van der Waals surface area (Å²) in [6.45, 7) is 4.49. The quantitative estimate of drug-likeness (QED) is 0.760. The minimum Gasteiger partial charge on any atom is -0.343 e. The van der Waals surface area contributed by atoms with E-state index < -0.39 is 5.54 Å². The molecule has 1 aliphatic carbocycles. The number of hydrogen-bond acceptors (Lipinski definition) is 6. The van der Waals surface area contributed by atoms with Crippen molar-refractivity contribution in [2.45, 2.75) is 57.5 Å². The highest BCUT2D eigenvalue weighted by Crippen LogP contribution is 2.35. The van der Waals surface area contributed by atoms with Gasteiger partial charge in [0.05, 0.1) is 6.54 Å². The molecule has 0 radical (unpaired) electrons. The highest BCUT2D eigenvalue weighted by atomic mass is 16.5. The lowest BCUT2D eigenvalue weighted by molar-refractivity contribution is -0.129. The number of hydrogen-bond donors (Lipinski definition) is 2. The molecule has 140 valence electrons. The number of carbonyl (C=O) groups excluding carboxylic acids is 1. The van der Waals surface area contributed by atoms with E-state index in [2.05, 4.69) is 20.8 Å². The first kappa shape index (κ1) is 18.3. The van der Waals surface area contributed by atoms with Gasteiger partial charge < -0.3 is 20.1 Å². The minimum absolute atomic E-state index is 0.00882. The summed E-state index contributed by atoms with van der Waals surface area (Å²) in [5.74, 6) is 1.81. The molecule has 7 nitrogen and oxygen atoms in total. The second-order valence-corrected chi connectivity index (χ2v) is 7.94. The van der Waals surface area contributed by atoms with Crippen molar-refractivity contribution in [1.82, 2.24) is 25.7 Å². The zero-order valence-corrected chi connectivity index (χ0v) is 15.7. The second kappa shape index (κ2) is 7.83. The molecule has 0 bridgehead atoms. The molecular formula is C18H31N5O2. The second-order valence-electron chi connectivity index (χ2n) is 7.94. The topological polar surface area (TPSA) is 83.3 Å². The number of aromatic nitrogens is 2. The van der Waals surface area contributed by atoms with Crippen molar-refractivity contribution in [3.05, 3.63) is 11.7 Å². The first-order valence-electron chi connectivity index (χ1n) is 9.51. The molecule has 7 heteroatoms. The van der Waals surface area contributed by atoms with Gasteiger partial charge in [-0.2, -0.15) is 4.98 Å².